The van der Waals surface area contributed by atoms with Gasteiger partial charge in [-0.3, -0.25) is 0 Å². The third kappa shape index (κ3) is 10.8. The molecule has 67 heavy (non-hydrogen) atoms. The molecule has 0 unspecified atom stereocenters. The topological polar surface area (TPSA) is 126 Å². The zero-order valence-electron chi connectivity index (χ0n) is 39.1. The van der Waals surface area contributed by atoms with Gasteiger partial charge in [0.15, 0.2) is 17.4 Å². The van der Waals surface area contributed by atoms with Gasteiger partial charge in [0, 0.05) is 38.5 Å². The van der Waals surface area contributed by atoms with Crippen molar-refractivity contribution in [2.24, 2.45) is 16.2 Å². The van der Waals surface area contributed by atoms with Crippen LogP contribution < -0.4 is 0 Å². The van der Waals surface area contributed by atoms with E-state index in [4.69, 9.17) is 47.4 Å². The Morgan fingerprint density at radius 1 is 0.373 bits per heavy atom. The highest BCUT2D eigenvalue weighted by Gasteiger charge is 2.51. The van der Waals surface area contributed by atoms with Crippen LogP contribution >= 0.6 is 0 Å². The molecule has 360 valence electrons. The summed E-state index contributed by atoms with van der Waals surface area (Å²) in [6.45, 7) is 3.19. The smallest absolute Gasteiger partial charge is 0.338 e. The van der Waals surface area contributed by atoms with Gasteiger partial charge in [0.1, 0.15) is 13.2 Å². The van der Waals surface area contributed by atoms with Gasteiger partial charge in [0.2, 0.25) is 0 Å². The molecular formula is C55H68O12. The summed E-state index contributed by atoms with van der Waals surface area (Å²) in [6.07, 6.45) is 14.9. The molecule has 12 nitrogen and oxygen atoms in total. The first kappa shape index (κ1) is 46.7. The van der Waals surface area contributed by atoms with E-state index < -0.39 is 45.5 Å². The lowest BCUT2D eigenvalue weighted by atomic mass is 9.86. The fourth-order valence-electron chi connectivity index (χ4n) is 10.9. The van der Waals surface area contributed by atoms with Crippen LogP contribution in [0.1, 0.15) is 117 Å². The molecule has 0 aromatic heterocycles. The average Bonchev–Trinajstić information content (AvgIpc) is 3.38. The van der Waals surface area contributed by atoms with Crippen LogP contribution in [0.4, 0.5) is 0 Å². The number of rotatable bonds is 14. The van der Waals surface area contributed by atoms with Gasteiger partial charge in [-0.15, -0.1) is 0 Å². The summed E-state index contributed by atoms with van der Waals surface area (Å²) in [5, 5.41) is 4.07. The second-order valence-electron chi connectivity index (χ2n) is 20.9. The van der Waals surface area contributed by atoms with Gasteiger partial charge in [-0.2, -0.15) is 0 Å². The van der Waals surface area contributed by atoms with Gasteiger partial charge in [0.25, 0.3) is 0 Å². The van der Waals surface area contributed by atoms with Gasteiger partial charge in [0.05, 0.1) is 93.4 Å². The molecule has 3 spiro atoms. The van der Waals surface area contributed by atoms with E-state index in [1.54, 1.807) is 0 Å². The molecule has 6 aliphatic rings. The summed E-state index contributed by atoms with van der Waals surface area (Å²) >= 11 is 0. The van der Waals surface area contributed by atoms with Crippen LogP contribution in [-0.4, -0.2) is 109 Å². The van der Waals surface area contributed by atoms with Crippen molar-refractivity contribution in [1.29, 1.82) is 0 Å². The Labute approximate surface area is 394 Å². The number of ether oxygens (including phenoxy) is 10. The molecule has 0 N–H and O–H groups in total. The first-order chi connectivity index (χ1) is 32.7. The predicted molar refractivity (Wildman–Crippen MR) is 251 cm³/mol. The van der Waals surface area contributed by atoms with E-state index in [0.717, 1.165) is 98.6 Å². The lowest BCUT2D eigenvalue weighted by molar-refractivity contribution is -0.338. The van der Waals surface area contributed by atoms with Gasteiger partial charge in [-0.05, 0) is 84.3 Å². The molecule has 3 aliphatic heterocycles. The van der Waals surface area contributed by atoms with Crippen LogP contribution in [0.3, 0.4) is 0 Å². The van der Waals surface area contributed by atoms with Crippen LogP contribution in [0, 0.1) is 16.2 Å². The molecule has 3 saturated heterocycles. The lowest BCUT2D eigenvalue weighted by Gasteiger charge is -2.49. The highest BCUT2D eigenvalue weighted by molar-refractivity contribution is 5.96. The van der Waals surface area contributed by atoms with Gasteiger partial charge in [-0.25, -0.2) is 9.59 Å². The van der Waals surface area contributed by atoms with Gasteiger partial charge < -0.3 is 47.4 Å². The minimum absolute atomic E-state index is 0.0658. The molecule has 10 rings (SSSR count). The quantitative estimate of drug-likeness (QED) is 0.112. The van der Waals surface area contributed by atoms with Crippen molar-refractivity contribution in [1.82, 2.24) is 0 Å². The molecule has 4 aromatic carbocycles. The van der Waals surface area contributed by atoms with E-state index in [2.05, 4.69) is 0 Å². The molecule has 3 saturated carbocycles. The maximum absolute atomic E-state index is 13.6. The molecule has 3 heterocycles. The average molecular weight is 921 g/mol. The normalized spacial score (nSPS) is 26.7. The zero-order chi connectivity index (χ0) is 45.7. The summed E-state index contributed by atoms with van der Waals surface area (Å²) in [7, 11) is 0. The van der Waals surface area contributed by atoms with Crippen LogP contribution in [0.15, 0.2) is 84.9 Å². The first-order valence-electron chi connectivity index (χ1n) is 25.0. The fourth-order valence-corrected chi connectivity index (χ4v) is 10.9. The number of carbonyl (C=O) groups excluding carboxylic acids is 2. The van der Waals surface area contributed by atoms with E-state index >= 15 is 0 Å². The molecule has 0 bridgehead atoms. The standard InChI is InChI=1S/C55H68O12/c56-48(46-20-18-42-14-4-6-16-44(42)28-46)60-34-51(38-64-54(65-39-51)24-10-2-11-25-54)32-58-30-50(36-62-53(63-37-50)22-8-1-9-23-53)31-59-33-52(40-66-55(67-41-52)26-12-3-13-27-55)35-61-49(57)47-21-19-43-15-5-7-17-45(43)29-47/h4-7,14-21,28-29H,1-3,8-13,22-27,30-41H2. The fraction of sp³-hybridized carbons (Fsp3) is 0.600. The van der Waals surface area contributed by atoms with Crippen molar-refractivity contribution in [3.63, 3.8) is 0 Å². The monoisotopic (exact) mass is 920 g/mol. The van der Waals surface area contributed by atoms with Gasteiger partial charge in [-0.1, -0.05) is 79.9 Å². The van der Waals surface area contributed by atoms with Gasteiger partial charge >= 0.3 is 11.9 Å². The highest BCUT2D eigenvalue weighted by Crippen LogP contribution is 2.44. The Kier molecular flexibility index (Phi) is 14.1. The van der Waals surface area contributed by atoms with Crippen molar-refractivity contribution >= 4 is 33.5 Å². The lowest BCUT2D eigenvalue weighted by Crippen LogP contribution is -2.57. The molecule has 12 heteroatoms. The second kappa shape index (κ2) is 20.2. The largest absolute Gasteiger partial charge is 0.461 e. The molecular weight excluding hydrogens is 853 g/mol. The Morgan fingerprint density at radius 3 is 1.00 bits per heavy atom. The Bertz CT molecular complexity index is 2150. The third-order valence-electron chi connectivity index (χ3n) is 15.3. The van der Waals surface area contributed by atoms with Crippen LogP contribution in [-0.2, 0) is 47.4 Å². The number of benzene rings is 4. The number of esters is 2. The Hall–Kier alpha value is -3.98. The summed E-state index contributed by atoms with van der Waals surface area (Å²) in [6, 6.07) is 27.2. The molecule has 3 aliphatic carbocycles. The van der Waals surface area contributed by atoms with E-state index in [1.807, 2.05) is 84.9 Å². The first-order valence-corrected chi connectivity index (χ1v) is 25.0. The minimum Gasteiger partial charge on any atom is -0.461 e. The van der Waals surface area contributed by atoms with Crippen molar-refractivity contribution in [2.45, 2.75) is 114 Å². The summed E-state index contributed by atoms with van der Waals surface area (Å²) < 4.78 is 65.5. The second-order valence-corrected chi connectivity index (χ2v) is 20.9. The maximum Gasteiger partial charge on any atom is 0.338 e. The van der Waals surface area contributed by atoms with Crippen molar-refractivity contribution < 1.29 is 57.0 Å². The molecule has 0 amide bonds. The zero-order valence-corrected chi connectivity index (χ0v) is 39.1. The Morgan fingerprint density at radius 2 is 0.672 bits per heavy atom. The molecule has 0 radical (unpaired) electrons. The molecule has 0 atom stereocenters. The number of fused-ring (bicyclic) bond motifs is 2. The number of carbonyl (C=O) groups is 2. The summed E-state index contributed by atoms with van der Waals surface area (Å²) in [4.78, 5) is 27.2. The van der Waals surface area contributed by atoms with Crippen molar-refractivity contribution in [3.05, 3.63) is 96.1 Å². The van der Waals surface area contributed by atoms with Crippen LogP contribution in [0.25, 0.3) is 21.5 Å². The SMILES string of the molecule is O=C(OCC1(COCC2(COCC3(COC(=O)c4ccc5ccccc5c4)COC4(CCCCC4)OC3)COC3(CCCCC3)OC2)COC2(CCCCC2)OC1)c1ccc2ccccc2c1. The maximum atomic E-state index is 13.6. The van der Waals surface area contributed by atoms with Crippen molar-refractivity contribution in [2.75, 3.05) is 79.3 Å². The third-order valence-corrected chi connectivity index (χ3v) is 15.3. The van der Waals surface area contributed by atoms with E-state index in [9.17, 15) is 9.59 Å². The van der Waals surface area contributed by atoms with E-state index in [1.165, 1.54) is 19.3 Å². The molecule has 6 fully saturated rings. The predicted octanol–water partition coefficient (Wildman–Crippen LogP) is 10.1. The van der Waals surface area contributed by atoms with E-state index in [-0.39, 0.29) is 39.6 Å². The summed E-state index contributed by atoms with van der Waals surface area (Å²) in [5.41, 5.74) is -1.18. The highest BCUT2D eigenvalue weighted by atomic mass is 16.7. The minimum atomic E-state index is -0.747. The number of hydrogen-bond donors (Lipinski definition) is 0. The molecule has 4 aromatic rings. The Balaban J connectivity index is 0.834. The van der Waals surface area contributed by atoms with Crippen molar-refractivity contribution in [3.8, 4) is 0 Å². The van der Waals surface area contributed by atoms with Crippen LogP contribution in [0.2, 0.25) is 0 Å². The number of hydrogen-bond acceptors (Lipinski definition) is 12. The summed E-state index contributed by atoms with van der Waals surface area (Å²) in [5.74, 6) is -2.62. The van der Waals surface area contributed by atoms with Crippen LogP contribution in [0.5, 0.6) is 0 Å². The van der Waals surface area contributed by atoms with E-state index in [0.29, 0.717) is 50.8 Å².